The number of hydrogen-bond acceptors (Lipinski definition) is 5. The summed E-state index contributed by atoms with van der Waals surface area (Å²) in [6, 6.07) is 0.583. The van der Waals surface area contributed by atoms with Crippen LogP contribution < -0.4 is 0 Å². The van der Waals surface area contributed by atoms with E-state index < -0.39 is 0 Å². The molecule has 1 aromatic heterocycles. The largest absolute Gasteiger partial charge is 0.395 e. The van der Waals surface area contributed by atoms with Crippen LogP contribution in [-0.2, 0) is 6.54 Å². The summed E-state index contributed by atoms with van der Waals surface area (Å²) in [6.45, 7) is 1.61. The standard InChI is InChI=1S/C13H21N3O2/c17-8-7-16(11-3-1-2-4-11)9-12-14-13(18-15-12)10-5-6-10/h10-11,17H,1-9H2. The molecule has 2 saturated carbocycles. The van der Waals surface area contributed by atoms with Gasteiger partial charge in [0.25, 0.3) is 0 Å². The fourth-order valence-corrected chi connectivity index (χ4v) is 2.80. The van der Waals surface area contributed by atoms with E-state index in [4.69, 9.17) is 4.52 Å². The fourth-order valence-electron chi connectivity index (χ4n) is 2.80. The van der Waals surface area contributed by atoms with Gasteiger partial charge in [0.05, 0.1) is 13.2 Å². The Morgan fingerprint density at radius 3 is 2.67 bits per heavy atom. The monoisotopic (exact) mass is 251 g/mol. The van der Waals surface area contributed by atoms with E-state index in [0.29, 0.717) is 25.0 Å². The molecule has 2 aliphatic rings. The maximum absolute atomic E-state index is 9.17. The number of hydrogen-bond donors (Lipinski definition) is 1. The van der Waals surface area contributed by atoms with E-state index in [1.165, 1.54) is 38.5 Å². The number of aliphatic hydroxyl groups is 1. The number of nitrogens with zero attached hydrogens (tertiary/aromatic N) is 3. The molecular formula is C13H21N3O2. The predicted octanol–water partition coefficient (Wildman–Crippen LogP) is 1.68. The first-order valence-electron chi connectivity index (χ1n) is 7.04. The first kappa shape index (κ1) is 12.1. The van der Waals surface area contributed by atoms with Crippen LogP contribution in [0.25, 0.3) is 0 Å². The molecule has 100 valence electrons. The Hall–Kier alpha value is -0.940. The van der Waals surface area contributed by atoms with Crippen LogP contribution in [0.1, 0.15) is 56.2 Å². The first-order valence-corrected chi connectivity index (χ1v) is 7.04. The molecule has 5 heteroatoms. The molecule has 5 nitrogen and oxygen atoms in total. The lowest BCUT2D eigenvalue weighted by molar-refractivity contribution is 0.140. The van der Waals surface area contributed by atoms with Crippen molar-refractivity contribution < 1.29 is 9.63 Å². The number of aliphatic hydroxyl groups excluding tert-OH is 1. The van der Waals surface area contributed by atoms with Gasteiger partial charge in [-0.05, 0) is 25.7 Å². The van der Waals surface area contributed by atoms with E-state index in [1.54, 1.807) is 0 Å². The van der Waals surface area contributed by atoms with Crippen molar-refractivity contribution in [3.05, 3.63) is 11.7 Å². The molecule has 0 aliphatic heterocycles. The summed E-state index contributed by atoms with van der Waals surface area (Å²) in [4.78, 5) is 6.76. The van der Waals surface area contributed by atoms with Crippen LogP contribution in [0.4, 0.5) is 0 Å². The van der Waals surface area contributed by atoms with Crippen LogP contribution in [0.5, 0.6) is 0 Å². The third-order valence-corrected chi connectivity index (χ3v) is 3.98. The summed E-state index contributed by atoms with van der Waals surface area (Å²) < 4.78 is 5.28. The maximum atomic E-state index is 9.17. The second-order valence-electron chi connectivity index (χ2n) is 5.46. The molecule has 0 atom stereocenters. The second-order valence-corrected chi connectivity index (χ2v) is 5.46. The van der Waals surface area contributed by atoms with Gasteiger partial charge in [0.2, 0.25) is 5.89 Å². The summed E-state index contributed by atoms with van der Waals surface area (Å²) in [5.41, 5.74) is 0. The quantitative estimate of drug-likeness (QED) is 0.833. The third kappa shape index (κ3) is 2.72. The summed E-state index contributed by atoms with van der Waals surface area (Å²) in [5.74, 6) is 2.10. The molecule has 0 radical (unpaired) electrons. The van der Waals surface area contributed by atoms with Crippen molar-refractivity contribution >= 4 is 0 Å². The minimum Gasteiger partial charge on any atom is -0.395 e. The summed E-state index contributed by atoms with van der Waals surface area (Å²) >= 11 is 0. The Balaban J connectivity index is 1.62. The van der Waals surface area contributed by atoms with Crippen LogP contribution in [0, 0.1) is 0 Å². The van der Waals surface area contributed by atoms with E-state index in [9.17, 15) is 5.11 Å². The lowest BCUT2D eigenvalue weighted by atomic mass is 10.2. The van der Waals surface area contributed by atoms with Crippen LogP contribution in [0.15, 0.2) is 4.52 Å². The van der Waals surface area contributed by atoms with Gasteiger partial charge in [0.1, 0.15) is 0 Å². The molecule has 3 rings (SSSR count). The van der Waals surface area contributed by atoms with Crippen molar-refractivity contribution in [3.8, 4) is 0 Å². The lowest BCUT2D eigenvalue weighted by Crippen LogP contribution is -2.35. The zero-order valence-corrected chi connectivity index (χ0v) is 10.7. The van der Waals surface area contributed by atoms with E-state index in [-0.39, 0.29) is 6.61 Å². The van der Waals surface area contributed by atoms with Crippen molar-refractivity contribution in [1.29, 1.82) is 0 Å². The average molecular weight is 251 g/mol. The molecule has 0 amide bonds. The molecule has 0 bridgehead atoms. The normalized spacial score (nSPS) is 21.0. The number of rotatable bonds is 6. The zero-order chi connectivity index (χ0) is 12.4. The van der Waals surface area contributed by atoms with Gasteiger partial charge in [-0.2, -0.15) is 4.98 Å². The van der Waals surface area contributed by atoms with Gasteiger partial charge in [-0.3, -0.25) is 4.90 Å². The van der Waals surface area contributed by atoms with Gasteiger partial charge < -0.3 is 9.63 Å². The average Bonchev–Trinajstić information content (AvgIpc) is 2.92. The van der Waals surface area contributed by atoms with Crippen LogP contribution >= 0.6 is 0 Å². The Kier molecular flexibility index (Phi) is 3.61. The van der Waals surface area contributed by atoms with E-state index in [2.05, 4.69) is 15.0 Å². The highest BCUT2D eigenvalue weighted by molar-refractivity contribution is 5.01. The summed E-state index contributed by atoms with van der Waals surface area (Å²) in [6.07, 6.45) is 7.42. The van der Waals surface area contributed by atoms with Gasteiger partial charge >= 0.3 is 0 Å². The van der Waals surface area contributed by atoms with Crippen molar-refractivity contribution in [1.82, 2.24) is 15.0 Å². The first-order chi connectivity index (χ1) is 8.86. The Labute approximate surface area is 107 Å². The molecule has 0 saturated heterocycles. The highest BCUT2D eigenvalue weighted by atomic mass is 16.5. The molecule has 1 N–H and O–H groups in total. The van der Waals surface area contributed by atoms with Crippen LogP contribution in [0.3, 0.4) is 0 Å². The minimum atomic E-state index is 0.198. The molecule has 0 unspecified atom stereocenters. The van der Waals surface area contributed by atoms with Gasteiger partial charge in [-0.25, -0.2) is 0 Å². The Bertz CT molecular complexity index is 383. The molecule has 1 heterocycles. The fraction of sp³-hybridized carbons (Fsp3) is 0.846. The van der Waals surface area contributed by atoms with Crippen molar-refractivity contribution in [3.63, 3.8) is 0 Å². The Morgan fingerprint density at radius 2 is 2.00 bits per heavy atom. The topological polar surface area (TPSA) is 62.4 Å². The summed E-state index contributed by atoms with van der Waals surface area (Å²) in [7, 11) is 0. The van der Waals surface area contributed by atoms with Crippen molar-refractivity contribution in [2.75, 3.05) is 13.2 Å². The van der Waals surface area contributed by atoms with Crippen LogP contribution in [0.2, 0.25) is 0 Å². The molecular weight excluding hydrogens is 230 g/mol. The summed E-state index contributed by atoms with van der Waals surface area (Å²) in [5, 5.41) is 13.2. The van der Waals surface area contributed by atoms with E-state index >= 15 is 0 Å². The highest BCUT2D eigenvalue weighted by Crippen LogP contribution is 2.38. The van der Waals surface area contributed by atoms with Crippen molar-refractivity contribution in [2.45, 2.75) is 57.0 Å². The smallest absolute Gasteiger partial charge is 0.229 e. The SMILES string of the molecule is OCCN(Cc1noc(C2CC2)n1)C1CCCC1. The highest BCUT2D eigenvalue weighted by Gasteiger charge is 2.30. The van der Waals surface area contributed by atoms with E-state index in [0.717, 1.165) is 11.7 Å². The molecule has 0 aromatic carbocycles. The van der Waals surface area contributed by atoms with Crippen LogP contribution in [-0.4, -0.2) is 39.3 Å². The van der Waals surface area contributed by atoms with Gasteiger partial charge in [-0.15, -0.1) is 0 Å². The molecule has 18 heavy (non-hydrogen) atoms. The minimum absolute atomic E-state index is 0.198. The lowest BCUT2D eigenvalue weighted by Gasteiger charge is -2.26. The third-order valence-electron chi connectivity index (χ3n) is 3.98. The number of aromatic nitrogens is 2. The van der Waals surface area contributed by atoms with Crippen molar-refractivity contribution in [2.24, 2.45) is 0 Å². The molecule has 2 aliphatic carbocycles. The maximum Gasteiger partial charge on any atom is 0.229 e. The predicted molar refractivity (Wildman–Crippen MR) is 66.0 cm³/mol. The van der Waals surface area contributed by atoms with Gasteiger partial charge in [0.15, 0.2) is 5.82 Å². The second kappa shape index (κ2) is 5.36. The molecule has 0 spiro atoms. The van der Waals surface area contributed by atoms with E-state index in [1.807, 2.05) is 0 Å². The van der Waals surface area contributed by atoms with Gasteiger partial charge in [0, 0.05) is 18.5 Å². The zero-order valence-electron chi connectivity index (χ0n) is 10.7. The Morgan fingerprint density at radius 1 is 1.22 bits per heavy atom. The molecule has 1 aromatic rings. The molecule has 2 fully saturated rings. The van der Waals surface area contributed by atoms with Gasteiger partial charge in [-0.1, -0.05) is 18.0 Å².